The lowest BCUT2D eigenvalue weighted by Gasteiger charge is -2.37. The molecule has 0 radical (unpaired) electrons. The van der Waals surface area contributed by atoms with E-state index in [0.717, 1.165) is 23.3 Å². The van der Waals surface area contributed by atoms with Gasteiger partial charge in [0.05, 0.1) is 0 Å². The molecule has 26 heavy (non-hydrogen) atoms. The minimum atomic E-state index is -0.434. The van der Waals surface area contributed by atoms with E-state index < -0.39 is 5.95 Å². The molecule has 142 valence electrons. The first kappa shape index (κ1) is 19.4. The molecule has 0 saturated heterocycles. The van der Waals surface area contributed by atoms with Crippen LogP contribution >= 0.6 is 0 Å². The summed E-state index contributed by atoms with van der Waals surface area (Å²) >= 11 is 0. The summed E-state index contributed by atoms with van der Waals surface area (Å²) in [5, 5.41) is 0. The average molecular weight is 356 g/mol. The van der Waals surface area contributed by atoms with Crippen LogP contribution in [0.1, 0.15) is 89.5 Å². The van der Waals surface area contributed by atoms with Gasteiger partial charge in [0.2, 0.25) is 5.95 Å². The number of pyridine rings is 1. The zero-order chi connectivity index (χ0) is 18.2. The molecular formula is C24H34FN. The van der Waals surface area contributed by atoms with Gasteiger partial charge in [-0.25, -0.2) is 4.98 Å². The van der Waals surface area contributed by atoms with Gasteiger partial charge >= 0.3 is 0 Å². The van der Waals surface area contributed by atoms with E-state index in [2.05, 4.69) is 23.7 Å². The van der Waals surface area contributed by atoms with Crippen LogP contribution in [0.4, 0.5) is 4.39 Å². The van der Waals surface area contributed by atoms with E-state index in [1.54, 1.807) is 6.07 Å². The first-order chi connectivity index (χ1) is 12.7. The van der Waals surface area contributed by atoms with Gasteiger partial charge in [-0.15, -0.1) is 0 Å². The highest BCUT2D eigenvalue weighted by Crippen LogP contribution is 2.42. The summed E-state index contributed by atoms with van der Waals surface area (Å²) in [6.07, 6.45) is 18.3. The maximum absolute atomic E-state index is 12.8. The van der Waals surface area contributed by atoms with Gasteiger partial charge in [-0.1, -0.05) is 57.3 Å². The molecule has 0 aromatic carbocycles. The molecule has 1 aromatic heterocycles. The molecule has 0 bridgehead atoms. The molecule has 2 fully saturated rings. The van der Waals surface area contributed by atoms with Gasteiger partial charge in [-0.3, -0.25) is 0 Å². The quantitative estimate of drug-likeness (QED) is 0.323. The van der Waals surface area contributed by atoms with Crippen LogP contribution < -0.4 is 0 Å². The van der Waals surface area contributed by atoms with Crippen molar-refractivity contribution in [3.63, 3.8) is 0 Å². The Hall–Kier alpha value is -1.36. The van der Waals surface area contributed by atoms with Crippen LogP contribution in [0.3, 0.4) is 0 Å². The van der Waals surface area contributed by atoms with E-state index in [4.69, 9.17) is 0 Å². The summed E-state index contributed by atoms with van der Waals surface area (Å²) in [5.74, 6) is 9.61. The fourth-order valence-corrected chi connectivity index (χ4v) is 5.00. The zero-order valence-electron chi connectivity index (χ0n) is 16.4. The molecule has 0 N–H and O–H groups in total. The van der Waals surface area contributed by atoms with Gasteiger partial charge in [-0.05, 0) is 68.4 Å². The third kappa shape index (κ3) is 5.83. The van der Waals surface area contributed by atoms with Crippen molar-refractivity contribution >= 4 is 0 Å². The highest BCUT2D eigenvalue weighted by Gasteiger charge is 2.30. The van der Waals surface area contributed by atoms with Gasteiger partial charge in [0.25, 0.3) is 0 Å². The summed E-state index contributed by atoms with van der Waals surface area (Å²) in [6, 6.07) is 3.11. The highest BCUT2D eigenvalue weighted by atomic mass is 19.1. The molecule has 1 heterocycles. The SMILES string of the molecule is CCCCC[C@H]1CC[C@H]([C@H]2CC[C@H](C#Cc3ccc(F)nc3)CC2)CC1. The van der Waals surface area contributed by atoms with Crippen LogP contribution in [-0.2, 0) is 0 Å². The molecule has 1 aromatic rings. The molecule has 0 atom stereocenters. The second kappa shape index (κ2) is 10.1. The van der Waals surface area contributed by atoms with Crippen molar-refractivity contribution in [2.75, 3.05) is 0 Å². The molecule has 0 aliphatic heterocycles. The lowest BCUT2D eigenvalue weighted by Crippen LogP contribution is -2.25. The molecule has 2 aliphatic carbocycles. The van der Waals surface area contributed by atoms with Crippen LogP contribution in [0.15, 0.2) is 18.3 Å². The average Bonchev–Trinajstić information content (AvgIpc) is 2.69. The smallest absolute Gasteiger partial charge is 0.212 e. The Morgan fingerprint density at radius 2 is 1.65 bits per heavy atom. The molecule has 2 aliphatic rings. The molecule has 0 unspecified atom stereocenters. The molecule has 3 rings (SSSR count). The predicted octanol–water partition coefficient (Wildman–Crippen LogP) is 6.77. The molecule has 1 nitrogen and oxygen atoms in total. The second-order valence-electron chi connectivity index (χ2n) is 8.53. The topological polar surface area (TPSA) is 12.9 Å². The Bertz CT molecular complexity index is 581. The minimum absolute atomic E-state index is 0.434. The number of aromatic nitrogens is 1. The molecule has 2 heteroatoms. The summed E-state index contributed by atoms with van der Waals surface area (Å²) in [6.45, 7) is 2.30. The number of hydrogen-bond acceptors (Lipinski definition) is 1. The zero-order valence-corrected chi connectivity index (χ0v) is 16.4. The van der Waals surface area contributed by atoms with Crippen molar-refractivity contribution in [1.82, 2.24) is 4.98 Å². The van der Waals surface area contributed by atoms with Crippen LogP contribution in [-0.4, -0.2) is 4.98 Å². The van der Waals surface area contributed by atoms with E-state index in [9.17, 15) is 4.39 Å². The van der Waals surface area contributed by atoms with Crippen molar-refractivity contribution in [2.24, 2.45) is 23.7 Å². The standard InChI is InChI=1S/C24H34FN/c1-2-3-4-5-19-8-13-22(14-9-19)23-15-10-20(11-16-23)6-7-21-12-17-24(25)26-18-21/h12,17-20,22-23H,2-5,8-11,13-16H2,1H3/t19-,20-,22-,23-. The number of nitrogens with zero attached hydrogens (tertiary/aromatic N) is 1. The van der Waals surface area contributed by atoms with Crippen LogP contribution in [0, 0.1) is 41.5 Å². The van der Waals surface area contributed by atoms with Crippen LogP contribution in [0.25, 0.3) is 0 Å². The van der Waals surface area contributed by atoms with Gasteiger partial charge in [-0.2, -0.15) is 4.39 Å². The Morgan fingerprint density at radius 1 is 0.962 bits per heavy atom. The van der Waals surface area contributed by atoms with Crippen molar-refractivity contribution in [3.05, 3.63) is 29.8 Å². The van der Waals surface area contributed by atoms with E-state index in [1.165, 1.54) is 89.3 Å². The Morgan fingerprint density at radius 3 is 2.27 bits per heavy atom. The lowest BCUT2D eigenvalue weighted by atomic mass is 9.69. The highest BCUT2D eigenvalue weighted by molar-refractivity contribution is 5.32. The predicted molar refractivity (Wildman–Crippen MR) is 106 cm³/mol. The fourth-order valence-electron chi connectivity index (χ4n) is 5.00. The lowest BCUT2D eigenvalue weighted by molar-refractivity contribution is 0.153. The van der Waals surface area contributed by atoms with E-state index in [-0.39, 0.29) is 0 Å². The Kier molecular flexibility index (Phi) is 7.54. The van der Waals surface area contributed by atoms with E-state index >= 15 is 0 Å². The second-order valence-corrected chi connectivity index (χ2v) is 8.53. The first-order valence-electron chi connectivity index (χ1n) is 10.9. The maximum Gasteiger partial charge on any atom is 0.212 e. The molecule has 0 spiro atoms. The first-order valence-corrected chi connectivity index (χ1v) is 10.9. The Labute approximate surface area is 159 Å². The van der Waals surface area contributed by atoms with Crippen molar-refractivity contribution in [3.8, 4) is 11.8 Å². The van der Waals surface area contributed by atoms with Crippen LogP contribution in [0.5, 0.6) is 0 Å². The van der Waals surface area contributed by atoms with E-state index in [1.807, 2.05) is 0 Å². The molecular weight excluding hydrogens is 321 g/mol. The Balaban J connectivity index is 1.38. The number of unbranched alkanes of at least 4 members (excludes halogenated alkanes) is 2. The number of hydrogen-bond donors (Lipinski definition) is 0. The van der Waals surface area contributed by atoms with Crippen molar-refractivity contribution < 1.29 is 4.39 Å². The summed E-state index contributed by atoms with van der Waals surface area (Å²) in [4.78, 5) is 3.68. The maximum atomic E-state index is 12.8. The third-order valence-electron chi connectivity index (χ3n) is 6.69. The number of rotatable bonds is 5. The largest absolute Gasteiger partial charge is 0.227 e. The van der Waals surface area contributed by atoms with Crippen molar-refractivity contribution in [2.45, 2.75) is 84.0 Å². The van der Waals surface area contributed by atoms with Crippen molar-refractivity contribution in [1.29, 1.82) is 0 Å². The summed E-state index contributed by atoms with van der Waals surface area (Å²) < 4.78 is 12.8. The summed E-state index contributed by atoms with van der Waals surface area (Å²) in [5.41, 5.74) is 0.829. The van der Waals surface area contributed by atoms with Crippen LogP contribution in [0.2, 0.25) is 0 Å². The summed E-state index contributed by atoms with van der Waals surface area (Å²) in [7, 11) is 0. The van der Waals surface area contributed by atoms with Gasteiger partial charge in [0.15, 0.2) is 0 Å². The monoisotopic (exact) mass is 355 g/mol. The van der Waals surface area contributed by atoms with Gasteiger partial charge in [0, 0.05) is 17.7 Å². The van der Waals surface area contributed by atoms with E-state index in [0.29, 0.717) is 5.92 Å². The fraction of sp³-hybridized carbons (Fsp3) is 0.708. The van der Waals surface area contributed by atoms with Gasteiger partial charge < -0.3 is 0 Å². The van der Waals surface area contributed by atoms with Gasteiger partial charge in [0.1, 0.15) is 0 Å². The molecule has 2 saturated carbocycles. The third-order valence-corrected chi connectivity index (χ3v) is 6.69. The normalized spacial score (nSPS) is 29.0. The number of halogens is 1. The molecule has 0 amide bonds. The minimum Gasteiger partial charge on any atom is -0.227 e.